The van der Waals surface area contributed by atoms with Gasteiger partial charge in [0, 0.05) is 31.4 Å². The Labute approximate surface area is 140 Å². The average molecular weight is 333 g/mol. The fourth-order valence-electron chi connectivity index (χ4n) is 2.78. The van der Waals surface area contributed by atoms with E-state index < -0.39 is 16.2 Å². The fourth-order valence-corrected chi connectivity index (χ4v) is 2.78. The number of hydrogen-bond donors (Lipinski definition) is 1. The van der Waals surface area contributed by atoms with Crippen LogP contribution in [0.4, 0.5) is 11.5 Å². The fraction of sp³-hybridized carbons (Fsp3) is 0.500. The van der Waals surface area contributed by atoms with Crippen LogP contribution in [-0.4, -0.2) is 44.4 Å². The Morgan fingerprint density at radius 3 is 2.54 bits per heavy atom. The van der Waals surface area contributed by atoms with Crippen LogP contribution < -0.4 is 10.9 Å². The van der Waals surface area contributed by atoms with Gasteiger partial charge in [0.05, 0.1) is 4.92 Å². The van der Waals surface area contributed by atoms with Gasteiger partial charge in [0.1, 0.15) is 5.65 Å². The van der Waals surface area contributed by atoms with E-state index in [0.717, 1.165) is 0 Å². The number of fused-ring (bicyclic) bond motifs is 1. The third-order valence-corrected chi connectivity index (χ3v) is 3.88. The summed E-state index contributed by atoms with van der Waals surface area (Å²) in [6.45, 7) is 9.56. The molecule has 0 aliphatic carbocycles. The number of aromatic nitrogens is 2. The van der Waals surface area contributed by atoms with Crippen LogP contribution in [0.1, 0.15) is 27.7 Å². The molecule has 2 rings (SSSR count). The smallest absolute Gasteiger partial charge is 0.363 e. The van der Waals surface area contributed by atoms with E-state index in [0.29, 0.717) is 30.8 Å². The average Bonchev–Trinajstić information content (AvgIpc) is 2.50. The molecule has 8 nitrogen and oxygen atoms in total. The number of nitro groups is 1. The summed E-state index contributed by atoms with van der Waals surface area (Å²) in [6.07, 6.45) is 1.47. The molecule has 1 N–H and O–H groups in total. The predicted molar refractivity (Wildman–Crippen MR) is 93.6 cm³/mol. The number of rotatable bonds is 7. The Kier molecular flexibility index (Phi) is 5.50. The van der Waals surface area contributed by atoms with Gasteiger partial charge < -0.3 is 5.32 Å². The van der Waals surface area contributed by atoms with Gasteiger partial charge in [0.2, 0.25) is 5.82 Å². The van der Waals surface area contributed by atoms with Gasteiger partial charge in [-0.1, -0.05) is 6.07 Å². The lowest BCUT2D eigenvalue weighted by atomic mass is 10.2. The van der Waals surface area contributed by atoms with Crippen LogP contribution in [0.15, 0.2) is 29.2 Å². The molecular formula is C16H23N5O3. The Morgan fingerprint density at radius 2 is 1.96 bits per heavy atom. The van der Waals surface area contributed by atoms with Crippen LogP contribution in [0.25, 0.3) is 5.65 Å². The molecule has 0 saturated heterocycles. The minimum Gasteiger partial charge on any atom is -0.363 e. The van der Waals surface area contributed by atoms with E-state index in [4.69, 9.17) is 0 Å². The molecular weight excluding hydrogens is 310 g/mol. The molecule has 0 spiro atoms. The van der Waals surface area contributed by atoms with Crippen molar-refractivity contribution < 1.29 is 4.92 Å². The topological polar surface area (TPSA) is 92.8 Å². The molecule has 2 aromatic heterocycles. The van der Waals surface area contributed by atoms with E-state index in [1.54, 1.807) is 18.2 Å². The first-order valence-corrected chi connectivity index (χ1v) is 7.98. The van der Waals surface area contributed by atoms with Gasteiger partial charge in [-0.2, -0.15) is 0 Å². The third kappa shape index (κ3) is 3.70. The summed E-state index contributed by atoms with van der Waals surface area (Å²) in [5, 5.41) is 14.3. The molecule has 24 heavy (non-hydrogen) atoms. The molecule has 8 heteroatoms. The van der Waals surface area contributed by atoms with Crippen LogP contribution in [0.3, 0.4) is 0 Å². The van der Waals surface area contributed by atoms with E-state index in [2.05, 4.69) is 42.9 Å². The first kappa shape index (κ1) is 17.9. The number of anilines is 1. The molecule has 0 atom stereocenters. The standard InChI is InChI=1S/C16H23N5O3/c1-11(2)19(12(3)4)10-8-17-15-14(21(23)24)16(22)20-9-6-5-7-13(20)18-15/h5-7,9,11-12,17H,8,10H2,1-4H3. The van der Waals surface area contributed by atoms with E-state index in [-0.39, 0.29) is 5.82 Å². The summed E-state index contributed by atoms with van der Waals surface area (Å²) in [5.74, 6) is 0.0173. The minimum atomic E-state index is -0.683. The van der Waals surface area contributed by atoms with E-state index in [1.807, 2.05) is 0 Å². The van der Waals surface area contributed by atoms with Crippen molar-refractivity contribution in [2.75, 3.05) is 18.4 Å². The van der Waals surface area contributed by atoms with Gasteiger partial charge >= 0.3 is 11.2 Å². The Hall–Kier alpha value is -2.48. The van der Waals surface area contributed by atoms with Crippen LogP contribution in [0, 0.1) is 10.1 Å². The lowest BCUT2D eigenvalue weighted by Gasteiger charge is -2.30. The van der Waals surface area contributed by atoms with Crippen LogP contribution in [0.2, 0.25) is 0 Å². The number of nitrogens with zero attached hydrogens (tertiary/aromatic N) is 4. The predicted octanol–water partition coefficient (Wildman–Crippen LogP) is 2.13. The molecule has 0 radical (unpaired) electrons. The van der Waals surface area contributed by atoms with Crippen molar-refractivity contribution in [2.24, 2.45) is 0 Å². The number of hydrogen-bond acceptors (Lipinski definition) is 6. The zero-order valence-electron chi connectivity index (χ0n) is 14.4. The molecule has 0 bridgehead atoms. The molecule has 0 aliphatic heterocycles. The zero-order valence-corrected chi connectivity index (χ0v) is 14.4. The van der Waals surface area contributed by atoms with Crippen molar-refractivity contribution in [3.8, 4) is 0 Å². The Bertz CT molecular complexity index is 777. The molecule has 2 aromatic rings. The van der Waals surface area contributed by atoms with Crippen molar-refractivity contribution >= 4 is 17.2 Å². The van der Waals surface area contributed by atoms with Crippen molar-refractivity contribution in [1.82, 2.24) is 14.3 Å². The van der Waals surface area contributed by atoms with Gasteiger partial charge in [-0.25, -0.2) is 4.98 Å². The highest BCUT2D eigenvalue weighted by Gasteiger charge is 2.23. The summed E-state index contributed by atoms with van der Waals surface area (Å²) in [5.41, 5.74) is -0.836. The van der Waals surface area contributed by atoms with E-state index in [9.17, 15) is 14.9 Å². The molecule has 0 saturated carbocycles. The molecule has 2 heterocycles. The van der Waals surface area contributed by atoms with Crippen LogP contribution >= 0.6 is 0 Å². The maximum atomic E-state index is 12.3. The first-order chi connectivity index (χ1) is 11.3. The SMILES string of the molecule is CC(C)N(CCNc1nc2ccccn2c(=O)c1[N+](=O)[O-])C(C)C. The highest BCUT2D eigenvalue weighted by molar-refractivity contribution is 5.59. The largest absolute Gasteiger partial charge is 0.376 e. The maximum absolute atomic E-state index is 12.3. The quantitative estimate of drug-likeness (QED) is 0.616. The third-order valence-electron chi connectivity index (χ3n) is 3.88. The monoisotopic (exact) mass is 333 g/mol. The Morgan fingerprint density at radius 1 is 1.29 bits per heavy atom. The van der Waals surface area contributed by atoms with Gasteiger partial charge in [0.15, 0.2) is 0 Å². The van der Waals surface area contributed by atoms with Gasteiger partial charge in [-0.3, -0.25) is 24.2 Å². The van der Waals surface area contributed by atoms with Gasteiger partial charge in [-0.15, -0.1) is 0 Å². The molecule has 130 valence electrons. The second kappa shape index (κ2) is 7.39. The lowest BCUT2D eigenvalue weighted by Crippen LogP contribution is -2.40. The molecule has 0 amide bonds. The van der Waals surface area contributed by atoms with Crippen LogP contribution in [0.5, 0.6) is 0 Å². The van der Waals surface area contributed by atoms with Crippen molar-refractivity contribution in [3.05, 3.63) is 44.9 Å². The van der Waals surface area contributed by atoms with Gasteiger partial charge in [-0.05, 0) is 39.8 Å². The molecule has 0 aromatic carbocycles. The van der Waals surface area contributed by atoms with Crippen LogP contribution in [-0.2, 0) is 0 Å². The summed E-state index contributed by atoms with van der Waals surface area (Å²) in [7, 11) is 0. The minimum absolute atomic E-state index is 0.0173. The highest BCUT2D eigenvalue weighted by Crippen LogP contribution is 2.18. The summed E-state index contributed by atoms with van der Waals surface area (Å²) in [6, 6.07) is 5.73. The second-order valence-electron chi connectivity index (χ2n) is 6.15. The van der Waals surface area contributed by atoms with E-state index >= 15 is 0 Å². The number of pyridine rings is 1. The number of nitrogens with one attached hydrogen (secondary N) is 1. The second-order valence-corrected chi connectivity index (χ2v) is 6.15. The Balaban J connectivity index is 2.30. The summed E-state index contributed by atoms with van der Waals surface area (Å²) < 4.78 is 1.18. The first-order valence-electron chi connectivity index (χ1n) is 7.98. The summed E-state index contributed by atoms with van der Waals surface area (Å²) in [4.78, 5) is 29.4. The zero-order chi connectivity index (χ0) is 17.9. The maximum Gasteiger partial charge on any atom is 0.376 e. The van der Waals surface area contributed by atoms with Gasteiger partial charge in [0.25, 0.3) is 0 Å². The normalized spacial score (nSPS) is 11.6. The van der Waals surface area contributed by atoms with E-state index in [1.165, 1.54) is 10.6 Å². The van der Waals surface area contributed by atoms with Crippen molar-refractivity contribution in [2.45, 2.75) is 39.8 Å². The summed E-state index contributed by atoms with van der Waals surface area (Å²) >= 11 is 0. The van der Waals surface area contributed by atoms with Crippen molar-refractivity contribution in [1.29, 1.82) is 0 Å². The molecule has 0 unspecified atom stereocenters. The lowest BCUT2D eigenvalue weighted by molar-refractivity contribution is -0.385. The highest BCUT2D eigenvalue weighted by atomic mass is 16.6. The van der Waals surface area contributed by atoms with Crippen molar-refractivity contribution in [3.63, 3.8) is 0 Å². The molecule has 0 aliphatic rings. The molecule has 0 fully saturated rings.